The van der Waals surface area contributed by atoms with Crippen molar-refractivity contribution in [2.75, 3.05) is 6.54 Å². The fourth-order valence-corrected chi connectivity index (χ4v) is 3.97. The maximum atomic E-state index is 6.17. The van der Waals surface area contributed by atoms with Gasteiger partial charge in [0.2, 0.25) is 0 Å². The monoisotopic (exact) mass is 355 g/mol. The second-order valence-corrected chi connectivity index (χ2v) is 6.60. The molecule has 0 saturated heterocycles. The molecule has 0 fully saturated rings. The molecule has 0 saturated carbocycles. The summed E-state index contributed by atoms with van der Waals surface area (Å²) in [5, 5.41) is 1.09. The Bertz CT molecular complexity index is 547. The van der Waals surface area contributed by atoms with Crippen LogP contribution in [0.25, 0.3) is 0 Å². The summed E-state index contributed by atoms with van der Waals surface area (Å²) in [5.41, 5.74) is 8.29. The number of hydrogen-bond acceptors (Lipinski definition) is 2. The van der Waals surface area contributed by atoms with Gasteiger partial charge in [0.05, 0.1) is 0 Å². The van der Waals surface area contributed by atoms with E-state index in [-0.39, 0.29) is 5.25 Å². The zero-order chi connectivity index (χ0) is 13.7. The van der Waals surface area contributed by atoms with Gasteiger partial charge in [-0.05, 0) is 23.3 Å². The molecule has 0 aliphatic carbocycles. The highest BCUT2D eigenvalue weighted by Crippen LogP contribution is 2.35. The third-order valence-corrected chi connectivity index (χ3v) is 5.28. The summed E-state index contributed by atoms with van der Waals surface area (Å²) in [5.74, 6) is 0.864. The Morgan fingerprint density at radius 1 is 1.11 bits per heavy atom. The number of benzene rings is 2. The third kappa shape index (κ3) is 3.99. The van der Waals surface area contributed by atoms with Crippen LogP contribution in [0.2, 0.25) is 5.02 Å². The van der Waals surface area contributed by atoms with Crippen LogP contribution in [0.5, 0.6) is 0 Å². The van der Waals surface area contributed by atoms with E-state index < -0.39 is 0 Å². The summed E-state index contributed by atoms with van der Waals surface area (Å²) < 4.78 is 1.11. The van der Waals surface area contributed by atoms with Gasteiger partial charge in [-0.2, -0.15) is 0 Å². The lowest BCUT2D eigenvalue weighted by molar-refractivity contribution is 0.935. The lowest BCUT2D eigenvalue weighted by Crippen LogP contribution is -2.10. The fourth-order valence-electron chi connectivity index (χ4n) is 1.83. The third-order valence-electron chi connectivity index (χ3n) is 2.86. The second kappa shape index (κ2) is 7.34. The Morgan fingerprint density at radius 3 is 2.47 bits per heavy atom. The van der Waals surface area contributed by atoms with Gasteiger partial charge in [0.25, 0.3) is 0 Å². The molecule has 4 heteroatoms. The minimum atomic E-state index is 0.270. The zero-order valence-corrected chi connectivity index (χ0v) is 13.5. The number of rotatable bonds is 5. The van der Waals surface area contributed by atoms with Crippen molar-refractivity contribution in [3.8, 4) is 0 Å². The molecule has 2 rings (SSSR count). The van der Waals surface area contributed by atoms with Crippen LogP contribution >= 0.6 is 39.3 Å². The molecule has 2 aromatic rings. The molecule has 1 nitrogen and oxygen atoms in total. The first-order valence-electron chi connectivity index (χ1n) is 6.02. The van der Waals surface area contributed by atoms with Crippen LogP contribution in [0, 0.1) is 0 Å². The van der Waals surface area contributed by atoms with Crippen LogP contribution in [0.15, 0.2) is 53.0 Å². The normalized spacial score (nSPS) is 12.4. The van der Waals surface area contributed by atoms with Gasteiger partial charge in [-0.1, -0.05) is 63.9 Å². The SMILES string of the molecule is NCC(SCc1ccccc1Cl)c1ccccc1Br. The minimum Gasteiger partial charge on any atom is -0.329 e. The molecule has 0 bridgehead atoms. The summed E-state index contributed by atoms with van der Waals surface area (Å²) in [6, 6.07) is 16.2. The maximum Gasteiger partial charge on any atom is 0.0446 e. The summed E-state index contributed by atoms with van der Waals surface area (Å²) in [6.45, 7) is 0.609. The Morgan fingerprint density at radius 2 is 1.79 bits per heavy atom. The molecule has 19 heavy (non-hydrogen) atoms. The van der Waals surface area contributed by atoms with Gasteiger partial charge in [-0.3, -0.25) is 0 Å². The lowest BCUT2D eigenvalue weighted by Gasteiger charge is -2.16. The van der Waals surface area contributed by atoms with E-state index in [0.29, 0.717) is 6.54 Å². The quantitative estimate of drug-likeness (QED) is 0.812. The van der Waals surface area contributed by atoms with Crippen molar-refractivity contribution >= 4 is 39.3 Å². The molecule has 0 aliphatic heterocycles. The lowest BCUT2D eigenvalue weighted by atomic mass is 10.1. The highest BCUT2D eigenvalue weighted by Gasteiger charge is 2.13. The van der Waals surface area contributed by atoms with Crippen LogP contribution in [0.3, 0.4) is 0 Å². The van der Waals surface area contributed by atoms with E-state index in [1.807, 2.05) is 48.2 Å². The molecule has 2 N–H and O–H groups in total. The smallest absolute Gasteiger partial charge is 0.0446 e. The van der Waals surface area contributed by atoms with Crippen LogP contribution in [-0.2, 0) is 5.75 Å². The fraction of sp³-hybridized carbons (Fsp3) is 0.200. The summed E-state index contributed by atoms with van der Waals surface area (Å²) in [6.07, 6.45) is 0. The molecule has 0 spiro atoms. The zero-order valence-electron chi connectivity index (χ0n) is 10.4. The van der Waals surface area contributed by atoms with Crippen LogP contribution in [0.4, 0.5) is 0 Å². The van der Waals surface area contributed by atoms with Crippen molar-refractivity contribution in [3.63, 3.8) is 0 Å². The Balaban J connectivity index is 2.09. The highest BCUT2D eigenvalue weighted by atomic mass is 79.9. The molecule has 0 radical (unpaired) electrons. The first kappa shape index (κ1) is 14.9. The van der Waals surface area contributed by atoms with E-state index >= 15 is 0 Å². The van der Waals surface area contributed by atoms with Gasteiger partial charge in [-0.15, -0.1) is 11.8 Å². The van der Waals surface area contributed by atoms with Gasteiger partial charge in [0, 0.05) is 27.0 Å². The van der Waals surface area contributed by atoms with Crippen molar-refractivity contribution in [2.45, 2.75) is 11.0 Å². The number of halogens is 2. The molecule has 0 aromatic heterocycles. The average Bonchev–Trinajstić information content (AvgIpc) is 2.43. The molecule has 0 amide bonds. The molecule has 0 aliphatic rings. The van der Waals surface area contributed by atoms with Crippen molar-refractivity contribution in [1.82, 2.24) is 0 Å². The summed E-state index contributed by atoms with van der Waals surface area (Å²) in [7, 11) is 0. The number of hydrogen-bond donors (Lipinski definition) is 1. The predicted molar refractivity (Wildman–Crippen MR) is 88.7 cm³/mol. The molecular formula is C15H15BrClNS. The first-order valence-corrected chi connectivity index (χ1v) is 8.24. The van der Waals surface area contributed by atoms with E-state index in [0.717, 1.165) is 20.8 Å². The van der Waals surface area contributed by atoms with E-state index in [9.17, 15) is 0 Å². The predicted octanol–water partition coefficient (Wildman–Crippen LogP) is 5.04. The van der Waals surface area contributed by atoms with Gasteiger partial charge < -0.3 is 5.73 Å². The van der Waals surface area contributed by atoms with E-state index in [4.69, 9.17) is 17.3 Å². The first-order chi connectivity index (χ1) is 9.22. The standard InChI is InChI=1S/C15H15BrClNS/c16-13-7-3-2-6-12(13)15(9-18)19-10-11-5-1-4-8-14(11)17/h1-8,15H,9-10,18H2. The van der Waals surface area contributed by atoms with E-state index in [2.05, 4.69) is 28.1 Å². The van der Waals surface area contributed by atoms with Gasteiger partial charge in [-0.25, -0.2) is 0 Å². The van der Waals surface area contributed by atoms with E-state index in [1.54, 1.807) is 0 Å². The maximum absolute atomic E-state index is 6.17. The Kier molecular flexibility index (Phi) is 5.76. The largest absolute Gasteiger partial charge is 0.329 e. The van der Waals surface area contributed by atoms with Crippen LogP contribution < -0.4 is 5.73 Å². The Hall–Kier alpha value is -0.480. The van der Waals surface area contributed by atoms with Crippen molar-refractivity contribution in [2.24, 2.45) is 5.73 Å². The molecule has 2 aromatic carbocycles. The molecule has 100 valence electrons. The minimum absolute atomic E-state index is 0.270. The molecule has 0 heterocycles. The van der Waals surface area contributed by atoms with Crippen molar-refractivity contribution in [1.29, 1.82) is 0 Å². The van der Waals surface area contributed by atoms with E-state index in [1.165, 1.54) is 5.56 Å². The topological polar surface area (TPSA) is 26.0 Å². The van der Waals surface area contributed by atoms with Gasteiger partial charge >= 0.3 is 0 Å². The molecule has 1 unspecified atom stereocenters. The highest BCUT2D eigenvalue weighted by molar-refractivity contribution is 9.10. The second-order valence-electron chi connectivity index (χ2n) is 4.15. The Labute approximate surface area is 131 Å². The van der Waals surface area contributed by atoms with Crippen LogP contribution in [-0.4, -0.2) is 6.54 Å². The van der Waals surface area contributed by atoms with Crippen LogP contribution in [0.1, 0.15) is 16.4 Å². The number of nitrogens with two attached hydrogens (primary N) is 1. The van der Waals surface area contributed by atoms with Crippen molar-refractivity contribution < 1.29 is 0 Å². The summed E-state index contributed by atoms with van der Waals surface area (Å²) >= 11 is 11.6. The number of thioether (sulfide) groups is 1. The van der Waals surface area contributed by atoms with Crippen molar-refractivity contribution in [3.05, 3.63) is 69.2 Å². The average molecular weight is 357 g/mol. The molecular weight excluding hydrogens is 342 g/mol. The van der Waals surface area contributed by atoms with Gasteiger partial charge in [0.15, 0.2) is 0 Å². The molecule has 1 atom stereocenters. The summed E-state index contributed by atoms with van der Waals surface area (Å²) in [4.78, 5) is 0. The van der Waals surface area contributed by atoms with Gasteiger partial charge in [0.1, 0.15) is 0 Å².